The number of aromatic nitrogens is 1. The molecule has 27 heavy (non-hydrogen) atoms. The molecule has 7 heteroatoms. The van der Waals surface area contributed by atoms with Crippen molar-refractivity contribution in [1.82, 2.24) is 4.98 Å². The fourth-order valence-electron chi connectivity index (χ4n) is 2.91. The van der Waals surface area contributed by atoms with Crippen LogP contribution in [0.1, 0.15) is 57.1 Å². The van der Waals surface area contributed by atoms with Gasteiger partial charge in [-0.05, 0) is 44.4 Å². The Morgan fingerprint density at radius 1 is 1.26 bits per heavy atom. The highest BCUT2D eigenvalue weighted by Crippen LogP contribution is 2.23. The Morgan fingerprint density at radius 2 is 1.96 bits per heavy atom. The monoisotopic (exact) mass is 370 g/mol. The summed E-state index contributed by atoms with van der Waals surface area (Å²) in [5.74, 6) is -0.800. The van der Waals surface area contributed by atoms with Crippen LogP contribution in [0.5, 0.6) is 0 Å². The number of nitro benzene ring substituents is 1. The van der Waals surface area contributed by atoms with Crippen LogP contribution in [-0.4, -0.2) is 28.3 Å². The SMILES string of the molecule is CCOC(=O)c1c(C)[nH]c(C(=O)/C=C/c2ccc(CC)c([N+](=O)[O-])c2)c1C. The van der Waals surface area contributed by atoms with Crippen molar-refractivity contribution in [3.63, 3.8) is 0 Å². The van der Waals surface area contributed by atoms with Crippen LogP contribution in [0.4, 0.5) is 5.69 Å². The number of aryl methyl sites for hydroxylation is 2. The molecule has 0 fully saturated rings. The van der Waals surface area contributed by atoms with Gasteiger partial charge in [0.2, 0.25) is 5.78 Å². The maximum atomic E-state index is 12.5. The molecule has 2 aromatic rings. The molecule has 0 aliphatic carbocycles. The lowest BCUT2D eigenvalue weighted by Gasteiger charge is -2.02. The van der Waals surface area contributed by atoms with Gasteiger partial charge in [-0.1, -0.05) is 25.1 Å². The first-order valence-corrected chi connectivity index (χ1v) is 8.66. The second-order valence-corrected chi connectivity index (χ2v) is 6.04. The number of carbonyl (C=O) groups excluding carboxylic acids is 2. The fraction of sp³-hybridized carbons (Fsp3) is 0.300. The van der Waals surface area contributed by atoms with E-state index < -0.39 is 10.9 Å². The van der Waals surface area contributed by atoms with Crippen LogP contribution in [-0.2, 0) is 11.2 Å². The van der Waals surface area contributed by atoms with Crippen LogP contribution in [0.2, 0.25) is 0 Å². The van der Waals surface area contributed by atoms with E-state index in [0.717, 1.165) is 0 Å². The van der Waals surface area contributed by atoms with Gasteiger partial charge < -0.3 is 9.72 Å². The first-order valence-electron chi connectivity index (χ1n) is 8.66. The van der Waals surface area contributed by atoms with E-state index in [4.69, 9.17) is 4.74 Å². The highest BCUT2D eigenvalue weighted by Gasteiger charge is 2.21. The molecule has 0 unspecified atom stereocenters. The molecule has 1 aromatic carbocycles. The maximum Gasteiger partial charge on any atom is 0.340 e. The van der Waals surface area contributed by atoms with Gasteiger partial charge in [-0.25, -0.2) is 4.79 Å². The molecule has 0 aliphatic rings. The van der Waals surface area contributed by atoms with Crippen molar-refractivity contribution in [2.24, 2.45) is 0 Å². The fourth-order valence-corrected chi connectivity index (χ4v) is 2.91. The molecule has 0 saturated heterocycles. The summed E-state index contributed by atoms with van der Waals surface area (Å²) in [6, 6.07) is 4.86. The van der Waals surface area contributed by atoms with E-state index in [9.17, 15) is 19.7 Å². The van der Waals surface area contributed by atoms with Crippen molar-refractivity contribution >= 4 is 23.5 Å². The summed E-state index contributed by atoms with van der Waals surface area (Å²) in [6.07, 6.45) is 3.41. The van der Waals surface area contributed by atoms with E-state index in [1.807, 2.05) is 6.92 Å². The number of hydrogen-bond donors (Lipinski definition) is 1. The Bertz CT molecular complexity index is 925. The number of esters is 1. The molecule has 1 aromatic heterocycles. The third-order valence-electron chi connectivity index (χ3n) is 4.28. The van der Waals surface area contributed by atoms with Crippen LogP contribution in [0.25, 0.3) is 6.08 Å². The van der Waals surface area contributed by atoms with Crippen molar-refractivity contribution in [2.45, 2.75) is 34.1 Å². The topological polar surface area (TPSA) is 102 Å². The summed E-state index contributed by atoms with van der Waals surface area (Å²) in [6.45, 7) is 7.19. The predicted octanol–water partition coefficient (Wildman–Crippen LogP) is 4.17. The summed E-state index contributed by atoms with van der Waals surface area (Å²) >= 11 is 0. The van der Waals surface area contributed by atoms with Crippen LogP contribution in [0.15, 0.2) is 24.3 Å². The Hall–Kier alpha value is -3.22. The van der Waals surface area contributed by atoms with E-state index in [1.54, 1.807) is 32.9 Å². The Balaban J connectivity index is 2.30. The predicted molar refractivity (Wildman–Crippen MR) is 102 cm³/mol. The van der Waals surface area contributed by atoms with Crippen molar-refractivity contribution in [3.8, 4) is 0 Å². The number of ether oxygens (including phenoxy) is 1. The third-order valence-corrected chi connectivity index (χ3v) is 4.28. The first-order chi connectivity index (χ1) is 12.8. The smallest absolute Gasteiger partial charge is 0.340 e. The van der Waals surface area contributed by atoms with E-state index >= 15 is 0 Å². The van der Waals surface area contributed by atoms with Crippen LogP contribution >= 0.6 is 0 Å². The Labute approximate surface area is 157 Å². The number of rotatable bonds is 7. The molecule has 0 spiro atoms. The second-order valence-electron chi connectivity index (χ2n) is 6.04. The zero-order valence-electron chi connectivity index (χ0n) is 15.8. The van der Waals surface area contributed by atoms with Crippen LogP contribution in [0, 0.1) is 24.0 Å². The Morgan fingerprint density at radius 3 is 2.56 bits per heavy atom. The average molecular weight is 370 g/mol. The van der Waals surface area contributed by atoms with E-state index in [1.165, 1.54) is 18.2 Å². The van der Waals surface area contributed by atoms with Crippen LogP contribution < -0.4 is 0 Å². The molecule has 0 bridgehead atoms. The summed E-state index contributed by atoms with van der Waals surface area (Å²) in [4.78, 5) is 38.2. The lowest BCUT2D eigenvalue weighted by atomic mass is 10.1. The molecule has 0 saturated carbocycles. The first kappa shape index (κ1) is 20.1. The number of benzene rings is 1. The number of nitrogens with zero attached hydrogens (tertiary/aromatic N) is 1. The summed E-state index contributed by atoms with van der Waals surface area (Å²) < 4.78 is 5.02. The number of aromatic amines is 1. The number of nitrogens with one attached hydrogen (secondary N) is 1. The van der Waals surface area contributed by atoms with Crippen molar-refractivity contribution in [2.75, 3.05) is 6.61 Å². The van der Waals surface area contributed by atoms with Gasteiger partial charge >= 0.3 is 5.97 Å². The average Bonchev–Trinajstić information content (AvgIpc) is 2.94. The molecular formula is C20H22N2O5. The quantitative estimate of drug-likeness (QED) is 0.259. The van der Waals surface area contributed by atoms with Crippen LogP contribution in [0.3, 0.4) is 0 Å². The maximum absolute atomic E-state index is 12.5. The van der Waals surface area contributed by atoms with Gasteiger partial charge in [0, 0.05) is 17.3 Å². The van der Waals surface area contributed by atoms with E-state index in [2.05, 4.69) is 4.98 Å². The van der Waals surface area contributed by atoms with Gasteiger partial charge in [-0.15, -0.1) is 0 Å². The second kappa shape index (κ2) is 8.44. The molecule has 0 amide bonds. The largest absolute Gasteiger partial charge is 0.462 e. The van der Waals surface area contributed by atoms with Gasteiger partial charge in [0.1, 0.15) is 0 Å². The minimum atomic E-state index is -0.474. The number of hydrogen-bond acceptors (Lipinski definition) is 5. The van der Waals surface area contributed by atoms with E-state index in [-0.39, 0.29) is 18.1 Å². The summed E-state index contributed by atoms with van der Waals surface area (Å²) in [7, 11) is 0. The Kier molecular flexibility index (Phi) is 6.28. The van der Waals surface area contributed by atoms with E-state index in [0.29, 0.717) is 40.1 Å². The molecule has 0 radical (unpaired) electrons. The van der Waals surface area contributed by atoms with Gasteiger partial charge in [0.05, 0.1) is 22.8 Å². The lowest BCUT2D eigenvalue weighted by molar-refractivity contribution is -0.385. The van der Waals surface area contributed by atoms with Crippen molar-refractivity contribution in [3.05, 3.63) is 68.0 Å². The number of ketones is 1. The third kappa shape index (κ3) is 4.31. The highest BCUT2D eigenvalue weighted by atomic mass is 16.6. The van der Waals surface area contributed by atoms with Crippen molar-refractivity contribution < 1.29 is 19.2 Å². The molecule has 7 nitrogen and oxygen atoms in total. The normalized spacial score (nSPS) is 11.0. The molecule has 2 rings (SSSR count). The minimum Gasteiger partial charge on any atom is -0.462 e. The number of nitro groups is 1. The minimum absolute atomic E-state index is 0.0311. The van der Waals surface area contributed by atoms with Gasteiger partial charge in [-0.3, -0.25) is 14.9 Å². The zero-order chi connectivity index (χ0) is 20.1. The zero-order valence-corrected chi connectivity index (χ0v) is 15.8. The number of carbonyl (C=O) groups is 2. The molecule has 142 valence electrons. The van der Waals surface area contributed by atoms with Gasteiger partial charge in [0.15, 0.2) is 0 Å². The molecular weight excluding hydrogens is 348 g/mol. The van der Waals surface area contributed by atoms with Gasteiger partial charge in [-0.2, -0.15) is 0 Å². The molecule has 0 atom stereocenters. The molecule has 1 N–H and O–H groups in total. The standard InChI is InChI=1S/C20H22N2O5/c1-5-15-9-7-14(11-16(15)22(25)26)8-10-17(23)19-12(3)18(13(4)21-19)20(24)27-6-2/h7-11,21H,5-6H2,1-4H3/b10-8+. The van der Waals surface area contributed by atoms with Gasteiger partial charge in [0.25, 0.3) is 5.69 Å². The highest BCUT2D eigenvalue weighted by molar-refractivity contribution is 6.08. The summed E-state index contributed by atoms with van der Waals surface area (Å²) in [5.41, 5.74) is 2.96. The van der Waals surface area contributed by atoms with Crippen molar-refractivity contribution in [1.29, 1.82) is 0 Å². The molecule has 0 aliphatic heterocycles. The molecule has 1 heterocycles. The number of H-pyrrole nitrogens is 1. The lowest BCUT2D eigenvalue weighted by Crippen LogP contribution is -2.07. The summed E-state index contributed by atoms with van der Waals surface area (Å²) in [5, 5.41) is 11.2. The number of allylic oxidation sites excluding steroid dienone is 1.